The lowest BCUT2D eigenvalue weighted by Crippen LogP contribution is -1.98. The van der Waals surface area contributed by atoms with Crippen molar-refractivity contribution in [3.63, 3.8) is 0 Å². The van der Waals surface area contributed by atoms with Crippen LogP contribution in [-0.2, 0) is 0 Å². The minimum Gasteiger partial charge on any atom is -0.339 e. The summed E-state index contributed by atoms with van der Waals surface area (Å²) in [5, 5.41) is 6.84. The van der Waals surface area contributed by atoms with Gasteiger partial charge in [0.05, 0.1) is 5.39 Å². The Kier molecular flexibility index (Phi) is 4.39. The molecule has 0 amide bonds. The van der Waals surface area contributed by atoms with Crippen molar-refractivity contribution in [1.82, 2.24) is 9.97 Å². The number of hydrogen-bond acceptors (Lipinski definition) is 4. The molecule has 2 heterocycles. The predicted molar refractivity (Wildman–Crippen MR) is 112 cm³/mol. The zero-order valence-corrected chi connectivity index (χ0v) is 16.4. The van der Waals surface area contributed by atoms with Crippen LogP contribution in [0.4, 0.5) is 11.5 Å². The molecule has 0 radical (unpaired) electrons. The van der Waals surface area contributed by atoms with E-state index in [4.69, 9.17) is 11.6 Å². The molecule has 3 nitrogen and oxygen atoms in total. The van der Waals surface area contributed by atoms with Gasteiger partial charge in [-0.15, -0.1) is 11.3 Å². The van der Waals surface area contributed by atoms with Gasteiger partial charge >= 0.3 is 0 Å². The summed E-state index contributed by atoms with van der Waals surface area (Å²) in [6, 6.07) is 14.8. The maximum atomic E-state index is 6.18. The molecule has 0 bridgehead atoms. The average Bonchev–Trinajstić information content (AvgIpc) is 3.02. The molecule has 0 aliphatic heterocycles. The highest BCUT2D eigenvalue weighted by Crippen LogP contribution is 2.38. The van der Waals surface area contributed by atoms with Crippen LogP contribution in [0.5, 0.6) is 0 Å². The number of rotatable bonds is 3. The zero-order chi connectivity index (χ0) is 18.3. The second kappa shape index (κ2) is 6.71. The molecule has 130 valence electrons. The highest BCUT2D eigenvalue weighted by Gasteiger charge is 2.15. The lowest BCUT2D eigenvalue weighted by molar-refractivity contribution is 1.22. The van der Waals surface area contributed by atoms with Crippen LogP contribution in [0, 0.1) is 20.8 Å². The number of halogens is 1. The molecule has 0 saturated heterocycles. The van der Waals surface area contributed by atoms with Crippen LogP contribution in [0.3, 0.4) is 0 Å². The van der Waals surface area contributed by atoms with Crippen LogP contribution < -0.4 is 5.32 Å². The van der Waals surface area contributed by atoms with E-state index in [0.29, 0.717) is 0 Å². The SMILES string of the molecule is Cc1ccc(-c2csc3nc(Cl)nc(Nc4ccc(C)cc4C)c23)cc1. The highest BCUT2D eigenvalue weighted by molar-refractivity contribution is 7.17. The number of aryl methyl sites for hydroxylation is 3. The van der Waals surface area contributed by atoms with E-state index in [1.807, 2.05) is 0 Å². The summed E-state index contributed by atoms with van der Waals surface area (Å²) >= 11 is 7.76. The zero-order valence-electron chi connectivity index (χ0n) is 14.8. The standard InChI is InChI=1S/C21H18ClN3S/c1-12-4-7-15(8-5-12)16-11-26-20-18(16)19(24-21(22)25-20)23-17-9-6-13(2)10-14(17)3/h4-11H,1-3H3,(H,23,24,25). The summed E-state index contributed by atoms with van der Waals surface area (Å²) in [5.41, 5.74) is 6.93. The smallest absolute Gasteiger partial charge is 0.225 e. The molecule has 5 heteroatoms. The van der Waals surface area contributed by atoms with Gasteiger partial charge in [-0.2, -0.15) is 4.98 Å². The van der Waals surface area contributed by atoms with E-state index in [1.54, 1.807) is 11.3 Å². The topological polar surface area (TPSA) is 37.8 Å². The average molecular weight is 380 g/mol. The van der Waals surface area contributed by atoms with Crippen LogP contribution in [-0.4, -0.2) is 9.97 Å². The summed E-state index contributed by atoms with van der Waals surface area (Å²) in [7, 11) is 0. The van der Waals surface area contributed by atoms with Crippen molar-refractivity contribution < 1.29 is 0 Å². The number of nitrogens with zero attached hydrogens (tertiary/aromatic N) is 2. The van der Waals surface area contributed by atoms with E-state index in [9.17, 15) is 0 Å². The fraction of sp³-hybridized carbons (Fsp3) is 0.143. The Bertz CT molecular complexity index is 1100. The van der Waals surface area contributed by atoms with Gasteiger partial charge in [0.15, 0.2) is 0 Å². The fourth-order valence-electron chi connectivity index (χ4n) is 3.03. The summed E-state index contributed by atoms with van der Waals surface area (Å²) in [4.78, 5) is 9.78. The fourth-order valence-corrected chi connectivity index (χ4v) is 4.20. The van der Waals surface area contributed by atoms with E-state index in [0.717, 1.165) is 32.8 Å². The summed E-state index contributed by atoms with van der Waals surface area (Å²) in [5.74, 6) is 0.740. The Hall–Kier alpha value is -2.43. The van der Waals surface area contributed by atoms with Gasteiger partial charge < -0.3 is 5.32 Å². The number of hydrogen-bond donors (Lipinski definition) is 1. The Labute approximate surface area is 161 Å². The number of anilines is 2. The van der Waals surface area contributed by atoms with Crippen LogP contribution in [0.2, 0.25) is 5.28 Å². The monoisotopic (exact) mass is 379 g/mol. The van der Waals surface area contributed by atoms with Crippen LogP contribution in [0.25, 0.3) is 21.3 Å². The first-order chi connectivity index (χ1) is 12.5. The third-order valence-electron chi connectivity index (χ3n) is 4.40. The lowest BCUT2D eigenvalue weighted by Gasteiger charge is -2.12. The van der Waals surface area contributed by atoms with Gasteiger partial charge in [0.2, 0.25) is 5.28 Å². The van der Waals surface area contributed by atoms with E-state index in [-0.39, 0.29) is 5.28 Å². The first-order valence-corrected chi connectivity index (χ1v) is 9.63. The van der Waals surface area contributed by atoms with Gasteiger partial charge in [0.25, 0.3) is 0 Å². The van der Waals surface area contributed by atoms with Gasteiger partial charge in [-0.1, -0.05) is 47.5 Å². The normalized spacial score (nSPS) is 11.1. The molecule has 0 saturated carbocycles. The quantitative estimate of drug-likeness (QED) is 0.403. The number of aromatic nitrogens is 2. The van der Waals surface area contributed by atoms with E-state index >= 15 is 0 Å². The van der Waals surface area contributed by atoms with E-state index in [2.05, 4.69) is 83.9 Å². The van der Waals surface area contributed by atoms with E-state index in [1.165, 1.54) is 16.7 Å². The summed E-state index contributed by atoms with van der Waals surface area (Å²) in [6.07, 6.45) is 0. The molecule has 0 spiro atoms. The third kappa shape index (κ3) is 3.18. The van der Waals surface area contributed by atoms with Crippen LogP contribution in [0.1, 0.15) is 16.7 Å². The molecular formula is C21H18ClN3S. The second-order valence-electron chi connectivity index (χ2n) is 6.48. The van der Waals surface area contributed by atoms with Gasteiger partial charge in [-0.05, 0) is 49.6 Å². The molecule has 0 unspecified atom stereocenters. The van der Waals surface area contributed by atoms with Crippen LogP contribution >= 0.6 is 22.9 Å². The van der Waals surface area contributed by atoms with Gasteiger partial charge in [-0.25, -0.2) is 4.98 Å². The number of thiophene rings is 1. The molecule has 0 aliphatic rings. The van der Waals surface area contributed by atoms with Gasteiger partial charge in [0, 0.05) is 16.6 Å². The van der Waals surface area contributed by atoms with Gasteiger partial charge in [0.1, 0.15) is 10.6 Å². The molecule has 4 aromatic rings. The lowest BCUT2D eigenvalue weighted by atomic mass is 10.0. The Morgan fingerprint density at radius 3 is 2.38 bits per heavy atom. The number of nitrogens with one attached hydrogen (secondary N) is 1. The van der Waals surface area contributed by atoms with Crippen molar-refractivity contribution in [1.29, 1.82) is 0 Å². The maximum Gasteiger partial charge on any atom is 0.225 e. The molecule has 2 aromatic carbocycles. The van der Waals surface area contributed by atoms with Crippen molar-refractivity contribution in [2.24, 2.45) is 0 Å². The Morgan fingerprint density at radius 1 is 0.923 bits per heavy atom. The minimum atomic E-state index is 0.252. The molecule has 0 atom stereocenters. The minimum absolute atomic E-state index is 0.252. The highest BCUT2D eigenvalue weighted by atomic mass is 35.5. The first-order valence-electron chi connectivity index (χ1n) is 8.37. The molecule has 26 heavy (non-hydrogen) atoms. The first kappa shape index (κ1) is 17.0. The molecule has 1 N–H and O–H groups in total. The molecule has 4 rings (SSSR count). The summed E-state index contributed by atoms with van der Waals surface area (Å²) in [6.45, 7) is 6.26. The van der Waals surface area contributed by atoms with Crippen molar-refractivity contribution >= 4 is 44.7 Å². The third-order valence-corrected chi connectivity index (χ3v) is 5.45. The van der Waals surface area contributed by atoms with Gasteiger partial charge in [-0.3, -0.25) is 0 Å². The number of fused-ring (bicyclic) bond motifs is 1. The van der Waals surface area contributed by atoms with Crippen molar-refractivity contribution in [3.05, 3.63) is 69.8 Å². The number of benzene rings is 2. The summed E-state index contributed by atoms with van der Waals surface area (Å²) < 4.78 is 0. The molecule has 2 aromatic heterocycles. The van der Waals surface area contributed by atoms with Crippen molar-refractivity contribution in [3.8, 4) is 11.1 Å². The predicted octanol–water partition coefficient (Wildman–Crippen LogP) is 6.68. The van der Waals surface area contributed by atoms with E-state index < -0.39 is 0 Å². The molecule has 0 aliphatic carbocycles. The maximum absolute atomic E-state index is 6.18. The largest absolute Gasteiger partial charge is 0.339 e. The molecule has 0 fully saturated rings. The second-order valence-corrected chi connectivity index (χ2v) is 7.68. The Morgan fingerprint density at radius 2 is 1.65 bits per heavy atom. The van der Waals surface area contributed by atoms with Crippen molar-refractivity contribution in [2.45, 2.75) is 20.8 Å². The molecular weight excluding hydrogens is 362 g/mol. The van der Waals surface area contributed by atoms with Crippen molar-refractivity contribution in [2.75, 3.05) is 5.32 Å². The van der Waals surface area contributed by atoms with Crippen LogP contribution in [0.15, 0.2) is 47.8 Å². The Balaban J connectivity index is 1.88.